The van der Waals surface area contributed by atoms with Gasteiger partial charge in [0, 0.05) is 12.5 Å². The summed E-state index contributed by atoms with van der Waals surface area (Å²) in [4.78, 5) is 2.45. The van der Waals surface area contributed by atoms with Gasteiger partial charge in [-0.1, -0.05) is 31.7 Å². The fourth-order valence-electron chi connectivity index (χ4n) is 4.64. The van der Waals surface area contributed by atoms with Crippen LogP contribution in [0.3, 0.4) is 0 Å². The molecule has 3 aliphatic rings. The normalized spacial score (nSPS) is 27.7. The van der Waals surface area contributed by atoms with Gasteiger partial charge in [0.2, 0.25) is 6.79 Å². The van der Waals surface area contributed by atoms with Gasteiger partial charge in [0.15, 0.2) is 11.5 Å². The first-order valence-electron chi connectivity index (χ1n) is 9.59. The highest BCUT2D eigenvalue weighted by atomic mass is 16.7. The summed E-state index contributed by atoms with van der Waals surface area (Å²) in [6.45, 7) is 3.33. The summed E-state index contributed by atoms with van der Waals surface area (Å²) in [5, 5.41) is 10.6. The molecule has 1 saturated carbocycles. The van der Waals surface area contributed by atoms with Crippen LogP contribution in [0.25, 0.3) is 0 Å². The Morgan fingerprint density at radius 3 is 2.75 bits per heavy atom. The molecule has 0 radical (unpaired) electrons. The summed E-state index contributed by atoms with van der Waals surface area (Å²) < 4.78 is 10.9. The molecule has 0 amide bonds. The third-order valence-electron chi connectivity index (χ3n) is 6.05. The molecule has 2 heterocycles. The maximum atomic E-state index is 10.6. The predicted molar refractivity (Wildman–Crippen MR) is 93.6 cm³/mol. The minimum atomic E-state index is -0.286. The van der Waals surface area contributed by atoms with Gasteiger partial charge in [-0.25, -0.2) is 0 Å². The fourth-order valence-corrected chi connectivity index (χ4v) is 4.64. The minimum absolute atomic E-state index is 0.214. The predicted octanol–water partition coefficient (Wildman–Crippen LogP) is 3.54. The van der Waals surface area contributed by atoms with E-state index < -0.39 is 0 Å². The Hall–Kier alpha value is -1.26. The van der Waals surface area contributed by atoms with Crippen LogP contribution in [0.1, 0.15) is 56.4 Å². The smallest absolute Gasteiger partial charge is 0.231 e. The van der Waals surface area contributed by atoms with Crippen molar-refractivity contribution in [1.29, 1.82) is 0 Å². The van der Waals surface area contributed by atoms with Crippen molar-refractivity contribution in [3.8, 4) is 11.5 Å². The van der Waals surface area contributed by atoms with E-state index in [0.717, 1.165) is 43.5 Å². The van der Waals surface area contributed by atoms with Crippen LogP contribution in [0.4, 0.5) is 0 Å². The summed E-state index contributed by atoms with van der Waals surface area (Å²) in [5.41, 5.74) is 1.18. The quantitative estimate of drug-likeness (QED) is 0.896. The van der Waals surface area contributed by atoms with Crippen molar-refractivity contribution >= 4 is 0 Å². The third-order valence-corrected chi connectivity index (χ3v) is 6.05. The number of hydrogen-bond acceptors (Lipinski definition) is 4. The number of β-amino-alcohol motifs (C(OH)–C–C–N with tert-alkyl or cyclic N) is 1. The third kappa shape index (κ3) is 3.55. The van der Waals surface area contributed by atoms with E-state index in [0.29, 0.717) is 6.79 Å². The first-order valence-corrected chi connectivity index (χ1v) is 9.59. The molecule has 4 nitrogen and oxygen atoms in total. The van der Waals surface area contributed by atoms with E-state index >= 15 is 0 Å². The highest BCUT2D eigenvalue weighted by molar-refractivity contribution is 5.45. The average Bonchev–Trinajstić information content (AvgIpc) is 3.25. The van der Waals surface area contributed by atoms with Gasteiger partial charge in [0.05, 0.1) is 6.10 Å². The molecule has 4 heteroatoms. The summed E-state index contributed by atoms with van der Waals surface area (Å²) in [6, 6.07) is 6.10. The molecular formula is C20H29NO3. The van der Waals surface area contributed by atoms with Crippen molar-refractivity contribution in [3.05, 3.63) is 23.8 Å². The number of aliphatic hydroxyl groups excluding tert-OH is 1. The lowest BCUT2D eigenvalue weighted by atomic mass is 9.86. The molecular weight excluding hydrogens is 302 g/mol. The Morgan fingerprint density at radius 1 is 1.08 bits per heavy atom. The maximum Gasteiger partial charge on any atom is 0.231 e. The molecule has 1 saturated heterocycles. The average molecular weight is 331 g/mol. The summed E-state index contributed by atoms with van der Waals surface area (Å²) >= 11 is 0. The molecule has 0 bridgehead atoms. The van der Waals surface area contributed by atoms with Gasteiger partial charge in [0.1, 0.15) is 0 Å². The Bertz CT molecular complexity index is 556. The zero-order chi connectivity index (χ0) is 16.4. The molecule has 4 rings (SSSR count). The van der Waals surface area contributed by atoms with E-state index in [1.165, 1.54) is 44.1 Å². The molecule has 0 unspecified atom stereocenters. The van der Waals surface area contributed by atoms with E-state index in [1.54, 1.807) is 0 Å². The van der Waals surface area contributed by atoms with E-state index in [-0.39, 0.29) is 12.0 Å². The molecule has 2 aliphatic heterocycles. The van der Waals surface area contributed by atoms with Crippen molar-refractivity contribution in [2.75, 3.05) is 26.4 Å². The van der Waals surface area contributed by atoms with Crippen LogP contribution < -0.4 is 9.47 Å². The Labute approximate surface area is 144 Å². The molecule has 2 fully saturated rings. The highest BCUT2D eigenvalue weighted by Crippen LogP contribution is 2.37. The van der Waals surface area contributed by atoms with Crippen LogP contribution in [-0.4, -0.2) is 42.5 Å². The molecule has 0 spiro atoms. The number of fused-ring (bicyclic) bond motifs is 1. The summed E-state index contributed by atoms with van der Waals surface area (Å²) in [5.74, 6) is 2.82. The second-order valence-electron chi connectivity index (χ2n) is 7.67. The molecule has 1 aliphatic carbocycles. The van der Waals surface area contributed by atoms with E-state index in [2.05, 4.69) is 11.0 Å². The lowest BCUT2D eigenvalue weighted by Gasteiger charge is -2.36. The van der Waals surface area contributed by atoms with Gasteiger partial charge in [-0.05, 0) is 56.0 Å². The van der Waals surface area contributed by atoms with Gasteiger partial charge in [-0.3, -0.25) is 0 Å². The van der Waals surface area contributed by atoms with Crippen molar-refractivity contribution in [2.45, 2.75) is 57.0 Å². The standard InChI is InChI=1S/C20H29NO3/c22-18-13-21(10-3-6-15-4-1-2-5-15)11-9-17(18)16-7-8-19-20(12-16)24-14-23-19/h7-8,12,15,17-18,22H,1-6,9-11,13-14H2/t17-,18+/m0/s1. The largest absolute Gasteiger partial charge is 0.454 e. The Kier molecular flexibility index (Phi) is 4.95. The van der Waals surface area contributed by atoms with Gasteiger partial charge >= 0.3 is 0 Å². The van der Waals surface area contributed by atoms with E-state index in [9.17, 15) is 5.11 Å². The minimum Gasteiger partial charge on any atom is -0.454 e. The first-order chi connectivity index (χ1) is 11.8. The number of nitrogens with zero attached hydrogens (tertiary/aromatic N) is 1. The molecule has 1 N–H and O–H groups in total. The van der Waals surface area contributed by atoms with Gasteiger partial charge in [0.25, 0.3) is 0 Å². The number of ether oxygens (including phenoxy) is 2. The fraction of sp³-hybridized carbons (Fsp3) is 0.700. The van der Waals surface area contributed by atoms with Crippen LogP contribution in [0.2, 0.25) is 0 Å². The summed E-state index contributed by atoms with van der Waals surface area (Å²) in [6.07, 6.45) is 9.14. The highest BCUT2D eigenvalue weighted by Gasteiger charge is 2.30. The molecule has 2 atom stereocenters. The number of benzene rings is 1. The summed E-state index contributed by atoms with van der Waals surface area (Å²) in [7, 11) is 0. The maximum absolute atomic E-state index is 10.6. The van der Waals surface area contributed by atoms with Crippen LogP contribution in [-0.2, 0) is 0 Å². The zero-order valence-corrected chi connectivity index (χ0v) is 14.5. The number of aliphatic hydroxyl groups is 1. The van der Waals surface area contributed by atoms with Crippen LogP contribution in [0.15, 0.2) is 18.2 Å². The monoisotopic (exact) mass is 331 g/mol. The molecule has 0 aromatic heterocycles. The second kappa shape index (κ2) is 7.32. The topological polar surface area (TPSA) is 41.9 Å². The molecule has 1 aromatic rings. The van der Waals surface area contributed by atoms with Gasteiger partial charge in [-0.2, -0.15) is 0 Å². The molecule has 132 valence electrons. The SMILES string of the molecule is O[C@@H]1CN(CCCC2CCCC2)CC[C@H]1c1ccc2c(c1)OCO2. The zero-order valence-electron chi connectivity index (χ0n) is 14.5. The van der Waals surface area contributed by atoms with Crippen LogP contribution in [0.5, 0.6) is 11.5 Å². The van der Waals surface area contributed by atoms with Crippen molar-refractivity contribution in [2.24, 2.45) is 5.92 Å². The number of piperidine rings is 1. The van der Waals surface area contributed by atoms with Gasteiger partial charge < -0.3 is 19.5 Å². The lowest BCUT2D eigenvalue weighted by molar-refractivity contribution is 0.0500. The Balaban J connectivity index is 1.28. The number of hydrogen-bond donors (Lipinski definition) is 1. The van der Waals surface area contributed by atoms with E-state index in [1.807, 2.05) is 12.1 Å². The lowest BCUT2D eigenvalue weighted by Crippen LogP contribution is -2.43. The molecule has 1 aromatic carbocycles. The molecule has 24 heavy (non-hydrogen) atoms. The van der Waals surface area contributed by atoms with Crippen molar-refractivity contribution < 1.29 is 14.6 Å². The van der Waals surface area contributed by atoms with Crippen molar-refractivity contribution in [3.63, 3.8) is 0 Å². The first kappa shape index (κ1) is 16.2. The van der Waals surface area contributed by atoms with Crippen molar-refractivity contribution in [1.82, 2.24) is 4.90 Å². The van der Waals surface area contributed by atoms with Crippen LogP contribution >= 0.6 is 0 Å². The van der Waals surface area contributed by atoms with Gasteiger partial charge in [-0.15, -0.1) is 0 Å². The van der Waals surface area contributed by atoms with E-state index in [4.69, 9.17) is 9.47 Å². The second-order valence-corrected chi connectivity index (χ2v) is 7.67. The number of likely N-dealkylation sites (tertiary alicyclic amines) is 1. The number of rotatable bonds is 5. The Morgan fingerprint density at radius 2 is 1.92 bits per heavy atom. The van der Waals surface area contributed by atoms with Crippen LogP contribution in [0, 0.1) is 5.92 Å².